The van der Waals surface area contributed by atoms with E-state index in [9.17, 15) is 15.0 Å². The molecule has 3 unspecified atom stereocenters. The van der Waals surface area contributed by atoms with E-state index in [-0.39, 0.29) is 0 Å². The summed E-state index contributed by atoms with van der Waals surface area (Å²) in [6, 6.07) is 0. The molecule has 0 heterocycles. The molecule has 0 aromatic carbocycles. The lowest BCUT2D eigenvalue weighted by Crippen LogP contribution is -2.46. The summed E-state index contributed by atoms with van der Waals surface area (Å²) in [5.74, 6) is -0.00827. The molecule has 2 saturated carbocycles. The average Bonchev–Trinajstić information content (AvgIpc) is 3.12. The van der Waals surface area contributed by atoms with E-state index in [1.807, 2.05) is 0 Å². The molecule has 0 radical (unpaired) electrons. The third-order valence-electron chi connectivity index (χ3n) is 4.88. The van der Waals surface area contributed by atoms with E-state index in [1.165, 1.54) is 19.3 Å². The highest BCUT2D eigenvalue weighted by molar-refractivity contribution is 5.71. The normalized spacial score (nSPS) is 34.2. The first kappa shape index (κ1) is 13.9. The van der Waals surface area contributed by atoms with Gasteiger partial charge in [-0.15, -0.1) is 0 Å². The first-order valence-corrected chi connectivity index (χ1v) is 7.52. The Balaban J connectivity index is 2.02. The molecule has 3 nitrogen and oxygen atoms in total. The molecule has 2 fully saturated rings. The molecule has 3 heteroatoms. The van der Waals surface area contributed by atoms with Gasteiger partial charge < -0.3 is 10.2 Å². The topological polar surface area (TPSA) is 57.5 Å². The number of aliphatic hydroxyl groups is 1. The van der Waals surface area contributed by atoms with Crippen molar-refractivity contribution >= 4 is 5.97 Å². The molecule has 2 aliphatic rings. The van der Waals surface area contributed by atoms with Crippen LogP contribution >= 0.6 is 0 Å². The Hall–Kier alpha value is -0.570. The predicted molar refractivity (Wildman–Crippen MR) is 70.3 cm³/mol. The van der Waals surface area contributed by atoms with Gasteiger partial charge in [-0.3, -0.25) is 4.79 Å². The molecule has 3 atom stereocenters. The van der Waals surface area contributed by atoms with Crippen LogP contribution in [0, 0.1) is 17.8 Å². The van der Waals surface area contributed by atoms with Crippen LogP contribution in [0.5, 0.6) is 0 Å². The summed E-state index contributed by atoms with van der Waals surface area (Å²) in [6.45, 7) is 2.07. The number of hydrogen-bond donors (Lipinski definition) is 2. The molecule has 0 aliphatic heterocycles. The minimum absolute atomic E-state index is 0.556. The van der Waals surface area contributed by atoms with Crippen molar-refractivity contribution in [1.29, 1.82) is 0 Å². The molecule has 104 valence electrons. The van der Waals surface area contributed by atoms with Crippen molar-refractivity contribution in [3.63, 3.8) is 0 Å². The van der Waals surface area contributed by atoms with Crippen molar-refractivity contribution in [2.24, 2.45) is 17.8 Å². The highest BCUT2D eigenvalue weighted by Crippen LogP contribution is 2.49. The largest absolute Gasteiger partial charge is 0.481 e. The van der Waals surface area contributed by atoms with Crippen LogP contribution in [-0.2, 0) is 4.79 Å². The Morgan fingerprint density at radius 1 is 1.33 bits per heavy atom. The molecule has 2 aliphatic carbocycles. The lowest BCUT2D eigenvalue weighted by Gasteiger charge is -2.41. The number of carbonyl (C=O) groups is 1. The second-order valence-corrected chi connectivity index (χ2v) is 6.33. The summed E-state index contributed by atoms with van der Waals surface area (Å²) in [6.07, 6.45) is 8.66. The number of hydrogen-bond acceptors (Lipinski definition) is 2. The number of aliphatic carboxylic acids is 1. The quantitative estimate of drug-likeness (QED) is 0.765. The van der Waals surface area contributed by atoms with Crippen molar-refractivity contribution in [2.45, 2.75) is 70.3 Å². The summed E-state index contributed by atoms with van der Waals surface area (Å²) >= 11 is 0. The van der Waals surface area contributed by atoms with Crippen molar-refractivity contribution < 1.29 is 15.0 Å². The first-order chi connectivity index (χ1) is 8.57. The van der Waals surface area contributed by atoms with Gasteiger partial charge in [0.05, 0.1) is 11.5 Å². The van der Waals surface area contributed by atoms with Crippen molar-refractivity contribution in [2.75, 3.05) is 0 Å². The van der Waals surface area contributed by atoms with Crippen LogP contribution in [0.15, 0.2) is 0 Å². The number of unbranched alkanes of at least 4 members (excludes halogenated alkanes) is 1. The average molecular weight is 254 g/mol. The van der Waals surface area contributed by atoms with E-state index in [0.717, 1.165) is 31.6 Å². The molecule has 0 aromatic rings. The van der Waals surface area contributed by atoms with E-state index < -0.39 is 17.5 Å². The van der Waals surface area contributed by atoms with E-state index in [2.05, 4.69) is 6.92 Å². The van der Waals surface area contributed by atoms with E-state index in [4.69, 9.17) is 0 Å². The summed E-state index contributed by atoms with van der Waals surface area (Å²) in [5, 5.41) is 20.2. The van der Waals surface area contributed by atoms with Gasteiger partial charge >= 0.3 is 5.97 Å². The molecule has 0 spiro atoms. The fourth-order valence-electron chi connectivity index (χ4n) is 3.65. The Labute approximate surface area is 110 Å². The van der Waals surface area contributed by atoms with Crippen LogP contribution < -0.4 is 0 Å². The molecule has 0 amide bonds. The Morgan fingerprint density at radius 3 is 2.61 bits per heavy atom. The molecule has 18 heavy (non-hydrogen) atoms. The van der Waals surface area contributed by atoms with Crippen LogP contribution in [0.3, 0.4) is 0 Å². The molecule has 0 saturated heterocycles. The van der Waals surface area contributed by atoms with Crippen LogP contribution in [-0.4, -0.2) is 21.8 Å². The van der Waals surface area contributed by atoms with Gasteiger partial charge in [0.15, 0.2) is 0 Å². The van der Waals surface area contributed by atoms with E-state index >= 15 is 0 Å². The van der Waals surface area contributed by atoms with Gasteiger partial charge in [0.25, 0.3) is 0 Å². The van der Waals surface area contributed by atoms with Gasteiger partial charge in [-0.25, -0.2) is 0 Å². The fraction of sp³-hybridized carbons (Fsp3) is 0.933. The Morgan fingerprint density at radius 2 is 2.06 bits per heavy atom. The minimum Gasteiger partial charge on any atom is -0.481 e. The van der Waals surface area contributed by atoms with Gasteiger partial charge in [-0.1, -0.05) is 26.2 Å². The third-order valence-corrected chi connectivity index (χ3v) is 4.88. The minimum atomic E-state index is -0.938. The first-order valence-electron chi connectivity index (χ1n) is 7.52. The maximum Gasteiger partial charge on any atom is 0.309 e. The smallest absolute Gasteiger partial charge is 0.309 e. The zero-order chi connectivity index (χ0) is 13.2. The fourth-order valence-corrected chi connectivity index (χ4v) is 3.65. The maximum atomic E-state index is 11.4. The van der Waals surface area contributed by atoms with Crippen molar-refractivity contribution in [3.8, 4) is 0 Å². The van der Waals surface area contributed by atoms with Crippen LogP contribution in [0.4, 0.5) is 0 Å². The molecular weight excluding hydrogens is 228 g/mol. The van der Waals surface area contributed by atoms with Crippen LogP contribution in [0.2, 0.25) is 0 Å². The highest BCUT2D eigenvalue weighted by Gasteiger charge is 2.47. The zero-order valence-corrected chi connectivity index (χ0v) is 11.4. The molecule has 0 bridgehead atoms. The number of carboxylic acids is 1. The standard InChI is InChI=1S/C15H26O3/c1-2-3-6-13(14(16)17)15(18)9-4-5-12(10-15)11-7-8-11/h11-13,18H,2-10H2,1H3,(H,16,17). The van der Waals surface area contributed by atoms with E-state index in [0.29, 0.717) is 18.8 Å². The summed E-state index contributed by atoms with van der Waals surface area (Å²) in [4.78, 5) is 11.4. The third kappa shape index (κ3) is 3.05. The van der Waals surface area contributed by atoms with Gasteiger partial charge in [0.2, 0.25) is 0 Å². The molecule has 2 rings (SSSR count). The van der Waals surface area contributed by atoms with Gasteiger partial charge in [-0.2, -0.15) is 0 Å². The SMILES string of the molecule is CCCCC(C(=O)O)C1(O)CCCC(C2CC2)C1. The summed E-state index contributed by atoms with van der Waals surface area (Å²) < 4.78 is 0. The van der Waals surface area contributed by atoms with Crippen LogP contribution in [0.25, 0.3) is 0 Å². The van der Waals surface area contributed by atoms with Crippen molar-refractivity contribution in [1.82, 2.24) is 0 Å². The molecular formula is C15H26O3. The molecule has 0 aromatic heterocycles. The second kappa shape index (κ2) is 5.60. The number of rotatable bonds is 6. The highest BCUT2D eigenvalue weighted by atomic mass is 16.4. The lowest BCUT2D eigenvalue weighted by molar-refractivity contribution is -0.157. The second-order valence-electron chi connectivity index (χ2n) is 6.33. The predicted octanol–water partition coefficient (Wildman–Crippen LogP) is 3.21. The number of carboxylic acid groups (broad SMARTS) is 1. The maximum absolute atomic E-state index is 11.4. The van der Waals surface area contributed by atoms with Gasteiger partial charge in [0, 0.05) is 0 Å². The monoisotopic (exact) mass is 254 g/mol. The lowest BCUT2D eigenvalue weighted by atomic mass is 9.69. The van der Waals surface area contributed by atoms with Crippen LogP contribution in [0.1, 0.15) is 64.7 Å². The van der Waals surface area contributed by atoms with Gasteiger partial charge in [-0.05, 0) is 50.4 Å². The summed E-state index contributed by atoms with van der Waals surface area (Å²) in [5.41, 5.74) is -0.938. The molecule has 2 N–H and O–H groups in total. The van der Waals surface area contributed by atoms with E-state index in [1.54, 1.807) is 0 Å². The van der Waals surface area contributed by atoms with Crippen molar-refractivity contribution in [3.05, 3.63) is 0 Å². The zero-order valence-electron chi connectivity index (χ0n) is 11.4. The Bertz CT molecular complexity index is 298. The summed E-state index contributed by atoms with van der Waals surface area (Å²) in [7, 11) is 0. The van der Waals surface area contributed by atoms with Gasteiger partial charge in [0.1, 0.15) is 0 Å². The Kier molecular flexibility index (Phi) is 4.31.